The summed E-state index contributed by atoms with van der Waals surface area (Å²) in [5, 5.41) is 12.6. The van der Waals surface area contributed by atoms with Crippen LogP contribution >= 0.6 is 11.6 Å². The predicted octanol–water partition coefficient (Wildman–Crippen LogP) is 4.08. The third kappa shape index (κ3) is 2.87. The van der Waals surface area contributed by atoms with Gasteiger partial charge in [0, 0.05) is 29.2 Å². The van der Waals surface area contributed by atoms with Crippen LogP contribution in [0.1, 0.15) is 27.6 Å². The molecular formula is C18H12ClN3O2. The number of nitrogens with zero attached hydrogens (tertiary/aromatic N) is 2. The average Bonchev–Trinajstić information content (AvgIpc) is 2.94. The van der Waals surface area contributed by atoms with E-state index in [-0.39, 0.29) is 11.8 Å². The number of benzene rings is 2. The Labute approximate surface area is 143 Å². The number of anilines is 1. The van der Waals surface area contributed by atoms with Gasteiger partial charge in [-0.1, -0.05) is 11.6 Å². The summed E-state index contributed by atoms with van der Waals surface area (Å²) in [6.45, 7) is 1.43. The Morgan fingerprint density at radius 2 is 1.88 bits per heavy atom. The Bertz CT molecular complexity index is 998. The molecule has 1 amide bonds. The van der Waals surface area contributed by atoms with Gasteiger partial charge in [-0.15, -0.1) is 0 Å². The van der Waals surface area contributed by atoms with Crippen LogP contribution in [0.15, 0.2) is 48.7 Å². The van der Waals surface area contributed by atoms with Gasteiger partial charge in [0.1, 0.15) is 0 Å². The molecule has 0 aliphatic rings. The fraction of sp³-hybridized carbons (Fsp3) is 0.0556. The van der Waals surface area contributed by atoms with Crippen molar-refractivity contribution in [3.05, 3.63) is 64.8 Å². The SMILES string of the molecule is CC(=O)n1cc(C(=O)Nc2ccc(C#N)cc2)c2cc(Cl)ccc21. The molecule has 5 nitrogen and oxygen atoms in total. The highest BCUT2D eigenvalue weighted by atomic mass is 35.5. The smallest absolute Gasteiger partial charge is 0.257 e. The predicted molar refractivity (Wildman–Crippen MR) is 92.4 cm³/mol. The minimum absolute atomic E-state index is 0.195. The van der Waals surface area contributed by atoms with E-state index < -0.39 is 0 Å². The normalized spacial score (nSPS) is 10.4. The molecule has 0 saturated heterocycles. The fourth-order valence-electron chi connectivity index (χ4n) is 2.47. The Balaban J connectivity index is 2.01. The maximum Gasteiger partial charge on any atom is 0.257 e. The molecule has 0 unspecified atom stereocenters. The van der Waals surface area contributed by atoms with Gasteiger partial charge in [0.2, 0.25) is 5.91 Å². The molecule has 0 atom stereocenters. The molecular weight excluding hydrogens is 326 g/mol. The molecule has 0 fully saturated rings. The minimum atomic E-state index is -0.355. The van der Waals surface area contributed by atoms with Gasteiger partial charge in [-0.2, -0.15) is 5.26 Å². The first-order chi connectivity index (χ1) is 11.5. The topological polar surface area (TPSA) is 74.9 Å². The molecule has 118 valence electrons. The Morgan fingerprint density at radius 1 is 1.17 bits per heavy atom. The number of amides is 1. The zero-order valence-corrected chi connectivity index (χ0v) is 13.5. The van der Waals surface area contributed by atoms with Crippen LogP contribution in [0.3, 0.4) is 0 Å². The van der Waals surface area contributed by atoms with Gasteiger partial charge < -0.3 is 5.32 Å². The summed E-state index contributed by atoms with van der Waals surface area (Å²) in [5.41, 5.74) is 2.04. The molecule has 0 radical (unpaired) electrons. The lowest BCUT2D eigenvalue weighted by Crippen LogP contribution is -2.11. The second kappa shape index (κ2) is 6.19. The second-order valence-electron chi connectivity index (χ2n) is 5.24. The van der Waals surface area contributed by atoms with Gasteiger partial charge in [0.05, 0.1) is 22.7 Å². The summed E-state index contributed by atoms with van der Waals surface area (Å²) in [6, 6.07) is 13.6. The molecule has 1 heterocycles. The Morgan fingerprint density at radius 3 is 2.50 bits per heavy atom. The number of rotatable bonds is 2. The zero-order chi connectivity index (χ0) is 17.3. The summed E-state index contributed by atoms with van der Waals surface area (Å²) < 4.78 is 1.42. The van der Waals surface area contributed by atoms with Crippen LogP contribution in [0.25, 0.3) is 10.9 Å². The molecule has 1 aromatic heterocycles. The summed E-state index contributed by atoms with van der Waals surface area (Å²) >= 11 is 6.02. The second-order valence-corrected chi connectivity index (χ2v) is 5.67. The van der Waals surface area contributed by atoms with E-state index in [0.717, 1.165) is 0 Å². The standard InChI is InChI=1S/C18H12ClN3O2/c1-11(23)22-10-16(15-8-13(19)4-7-17(15)22)18(24)21-14-5-2-12(9-20)3-6-14/h2-8,10H,1H3,(H,21,24). The third-order valence-electron chi connectivity index (χ3n) is 3.62. The summed E-state index contributed by atoms with van der Waals surface area (Å²) in [6.07, 6.45) is 1.50. The van der Waals surface area contributed by atoms with Crippen molar-refractivity contribution in [3.63, 3.8) is 0 Å². The van der Waals surface area contributed by atoms with Crippen LogP contribution in [0.4, 0.5) is 5.69 Å². The number of carbonyl (C=O) groups is 2. The van der Waals surface area contributed by atoms with E-state index in [1.807, 2.05) is 6.07 Å². The van der Waals surface area contributed by atoms with E-state index in [9.17, 15) is 9.59 Å². The van der Waals surface area contributed by atoms with Crippen molar-refractivity contribution < 1.29 is 9.59 Å². The number of fused-ring (bicyclic) bond motifs is 1. The monoisotopic (exact) mass is 337 g/mol. The first-order valence-electron chi connectivity index (χ1n) is 7.12. The van der Waals surface area contributed by atoms with E-state index >= 15 is 0 Å². The van der Waals surface area contributed by atoms with E-state index in [0.29, 0.717) is 32.7 Å². The van der Waals surface area contributed by atoms with Crippen LogP contribution in [0.2, 0.25) is 5.02 Å². The Hall–Kier alpha value is -3.10. The molecule has 3 rings (SSSR count). The minimum Gasteiger partial charge on any atom is -0.322 e. The van der Waals surface area contributed by atoms with Crippen molar-refractivity contribution >= 4 is 40.0 Å². The largest absolute Gasteiger partial charge is 0.322 e. The molecule has 0 aliphatic heterocycles. The first kappa shape index (κ1) is 15.8. The lowest BCUT2D eigenvalue weighted by atomic mass is 10.1. The van der Waals surface area contributed by atoms with E-state index in [2.05, 4.69) is 5.32 Å². The molecule has 6 heteroatoms. The highest BCUT2D eigenvalue weighted by Gasteiger charge is 2.17. The molecule has 0 aliphatic carbocycles. The molecule has 1 N–H and O–H groups in total. The number of carbonyl (C=O) groups excluding carboxylic acids is 2. The van der Waals surface area contributed by atoms with Crippen molar-refractivity contribution in [3.8, 4) is 6.07 Å². The fourth-order valence-corrected chi connectivity index (χ4v) is 2.64. The lowest BCUT2D eigenvalue weighted by molar-refractivity contribution is 0.0941. The maximum absolute atomic E-state index is 12.6. The van der Waals surface area contributed by atoms with Gasteiger partial charge in [-0.25, -0.2) is 0 Å². The summed E-state index contributed by atoms with van der Waals surface area (Å²) in [4.78, 5) is 24.4. The average molecular weight is 338 g/mol. The lowest BCUT2D eigenvalue weighted by Gasteiger charge is -2.04. The summed E-state index contributed by atoms with van der Waals surface area (Å²) in [7, 11) is 0. The van der Waals surface area contributed by atoms with Crippen molar-refractivity contribution in [2.45, 2.75) is 6.92 Å². The highest BCUT2D eigenvalue weighted by molar-refractivity contribution is 6.31. The van der Waals surface area contributed by atoms with Gasteiger partial charge in [0.25, 0.3) is 5.91 Å². The molecule has 3 aromatic rings. The van der Waals surface area contributed by atoms with Crippen LogP contribution in [-0.2, 0) is 0 Å². The molecule has 0 saturated carbocycles. The molecule has 2 aromatic carbocycles. The van der Waals surface area contributed by atoms with Gasteiger partial charge >= 0.3 is 0 Å². The zero-order valence-electron chi connectivity index (χ0n) is 12.7. The van der Waals surface area contributed by atoms with Crippen LogP contribution < -0.4 is 5.32 Å². The number of aromatic nitrogens is 1. The molecule has 0 bridgehead atoms. The van der Waals surface area contributed by atoms with Gasteiger partial charge in [0.15, 0.2) is 0 Å². The first-order valence-corrected chi connectivity index (χ1v) is 7.50. The van der Waals surface area contributed by atoms with Gasteiger partial charge in [-0.05, 0) is 42.5 Å². The van der Waals surface area contributed by atoms with E-state index in [4.69, 9.17) is 16.9 Å². The van der Waals surface area contributed by atoms with Crippen LogP contribution in [0, 0.1) is 11.3 Å². The number of hydrogen-bond donors (Lipinski definition) is 1. The number of hydrogen-bond acceptors (Lipinski definition) is 3. The van der Waals surface area contributed by atoms with E-state index in [1.165, 1.54) is 17.7 Å². The molecule has 0 spiro atoms. The van der Waals surface area contributed by atoms with Crippen LogP contribution in [-0.4, -0.2) is 16.4 Å². The van der Waals surface area contributed by atoms with Crippen molar-refractivity contribution in [2.24, 2.45) is 0 Å². The Kier molecular flexibility index (Phi) is 4.07. The maximum atomic E-state index is 12.6. The van der Waals surface area contributed by atoms with Crippen LogP contribution in [0.5, 0.6) is 0 Å². The summed E-state index contributed by atoms with van der Waals surface area (Å²) in [5.74, 6) is -0.549. The van der Waals surface area contributed by atoms with Gasteiger partial charge in [-0.3, -0.25) is 14.2 Å². The molecule has 24 heavy (non-hydrogen) atoms. The number of halogens is 1. The number of nitriles is 1. The van der Waals surface area contributed by atoms with Crippen molar-refractivity contribution in [1.29, 1.82) is 5.26 Å². The highest BCUT2D eigenvalue weighted by Crippen LogP contribution is 2.26. The van der Waals surface area contributed by atoms with Crippen molar-refractivity contribution in [1.82, 2.24) is 4.57 Å². The van der Waals surface area contributed by atoms with E-state index in [1.54, 1.807) is 42.5 Å². The quantitative estimate of drug-likeness (QED) is 0.765. The third-order valence-corrected chi connectivity index (χ3v) is 3.86. The van der Waals surface area contributed by atoms with Crippen molar-refractivity contribution in [2.75, 3.05) is 5.32 Å². The number of nitrogens with one attached hydrogen (secondary N) is 1.